The fourth-order valence-electron chi connectivity index (χ4n) is 3.95. The molecule has 4 aliphatic heterocycles. The molecule has 10 heteroatoms. The zero-order valence-electron chi connectivity index (χ0n) is 16.7. The maximum atomic E-state index is 11.8. The molecule has 0 aromatic carbocycles. The molecule has 0 aromatic rings. The second-order valence-corrected chi connectivity index (χ2v) is 8.77. The Balaban J connectivity index is 1.74. The van der Waals surface area contributed by atoms with Gasteiger partial charge in [0.15, 0.2) is 11.6 Å². The number of hydrogen-bond donors (Lipinski definition) is 2. The van der Waals surface area contributed by atoms with E-state index in [9.17, 15) is 4.55 Å². The summed E-state index contributed by atoms with van der Waals surface area (Å²) < 4.78 is 11.8. The smallest absolute Gasteiger partial charge is 0.158 e. The quantitative estimate of drug-likeness (QED) is 0.597. The van der Waals surface area contributed by atoms with E-state index in [1.165, 1.54) is 0 Å². The highest BCUT2D eigenvalue weighted by atomic mass is 32.2. The van der Waals surface area contributed by atoms with Gasteiger partial charge in [-0.25, -0.2) is 15.0 Å². The number of nitrogens with zero attached hydrogens (tertiary/aromatic N) is 6. The first-order valence-electron chi connectivity index (χ1n) is 10.1. The Bertz CT molecular complexity index is 688. The van der Waals surface area contributed by atoms with Crippen LogP contribution in [0.3, 0.4) is 0 Å². The molecule has 0 bridgehead atoms. The van der Waals surface area contributed by atoms with Gasteiger partial charge in [0.2, 0.25) is 0 Å². The topological polar surface area (TPSA) is 84.8 Å². The number of piperazine rings is 1. The number of nitrogens with one attached hydrogen (secondary N) is 2. The minimum atomic E-state index is -0.712. The van der Waals surface area contributed by atoms with Crippen molar-refractivity contribution in [2.24, 2.45) is 9.98 Å². The fraction of sp³-hybridized carbons (Fsp3) is 0.667. The molecule has 0 spiro atoms. The summed E-state index contributed by atoms with van der Waals surface area (Å²) in [5, 5.41) is 11.3. The highest BCUT2D eigenvalue weighted by Gasteiger charge is 2.35. The average Bonchev–Trinajstić information content (AvgIpc) is 2.75. The molecule has 4 rings (SSSR count). The lowest BCUT2D eigenvalue weighted by atomic mass is 10.2. The zero-order valence-corrected chi connectivity index (χ0v) is 17.5. The summed E-state index contributed by atoms with van der Waals surface area (Å²) in [5.74, 6) is 3.30. The van der Waals surface area contributed by atoms with Crippen molar-refractivity contribution in [3.8, 4) is 0 Å². The lowest BCUT2D eigenvalue weighted by Gasteiger charge is -2.43. The summed E-state index contributed by atoms with van der Waals surface area (Å²) in [6, 6.07) is 0. The van der Waals surface area contributed by atoms with E-state index in [0.29, 0.717) is 11.5 Å². The van der Waals surface area contributed by atoms with Crippen LogP contribution in [-0.2, 0) is 11.2 Å². The van der Waals surface area contributed by atoms with Crippen LogP contribution < -0.4 is 10.6 Å². The maximum absolute atomic E-state index is 11.8. The highest BCUT2D eigenvalue weighted by Crippen LogP contribution is 2.31. The number of aliphatic imine (C=N–C) groups is 2. The summed E-state index contributed by atoms with van der Waals surface area (Å²) in [4.78, 5) is 14.1. The molecule has 0 radical (unpaired) electrons. The van der Waals surface area contributed by atoms with E-state index < -0.39 is 11.2 Å². The molecule has 4 heterocycles. The maximum Gasteiger partial charge on any atom is 0.158 e. The molecule has 28 heavy (non-hydrogen) atoms. The number of hydrogen-bond acceptors (Lipinski definition) is 9. The Morgan fingerprint density at radius 1 is 1.11 bits per heavy atom. The van der Waals surface area contributed by atoms with Gasteiger partial charge < -0.3 is 25.0 Å². The van der Waals surface area contributed by atoms with Crippen LogP contribution in [0.2, 0.25) is 0 Å². The molecule has 0 unspecified atom stereocenters. The van der Waals surface area contributed by atoms with E-state index in [1.807, 2.05) is 6.34 Å². The van der Waals surface area contributed by atoms with Crippen molar-refractivity contribution in [1.82, 2.24) is 30.5 Å². The van der Waals surface area contributed by atoms with Crippen LogP contribution in [-0.4, -0.2) is 101 Å². The van der Waals surface area contributed by atoms with Crippen LogP contribution >= 0.6 is 0 Å². The third-order valence-corrected chi connectivity index (χ3v) is 6.80. The van der Waals surface area contributed by atoms with Crippen molar-refractivity contribution >= 4 is 23.9 Å². The van der Waals surface area contributed by atoms with E-state index in [-0.39, 0.29) is 0 Å². The predicted octanol–water partition coefficient (Wildman–Crippen LogP) is -0.474. The van der Waals surface area contributed by atoms with E-state index in [2.05, 4.69) is 44.3 Å². The number of fused-ring (bicyclic) bond motifs is 1. The zero-order chi connectivity index (χ0) is 19.5. The van der Waals surface area contributed by atoms with Gasteiger partial charge in [-0.3, -0.25) is 5.01 Å². The van der Waals surface area contributed by atoms with Crippen molar-refractivity contribution in [3.63, 3.8) is 0 Å². The van der Waals surface area contributed by atoms with Gasteiger partial charge in [0.05, 0.1) is 19.4 Å². The summed E-state index contributed by atoms with van der Waals surface area (Å²) in [5.41, 5.74) is 2.05. The van der Waals surface area contributed by atoms with E-state index in [1.54, 1.807) is 6.34 Å². The first-order valence-corrected chi connectivity index (χ1v) is 11.6. The van der Waals surface area contributed by atoms with Gasteiger partial charge in [-0.05, 0) is 13.8 Å². The van der Waals surface area contributed by atoms with Gasteiger partial charge >= 0.3 is 0 Å². The van der Waals surface area contributed by atoms with Gasteiger partial charge in [0.1, 0.15) is 29.2 Å². The van der Waals surface area contributed by atoms with Crippen molar-refractivity contribution < 1.29 is 4.55 Å². The van der Waals surface area contributed by atoms with Gasteiger partial charge in [-0.2, -0.15) is 0 Å². The molecule has 0 aromatic heterocycles. The second-order valence-electron chi connectivity index (χ2n) is 7.07. The normalized spacial score (nSPS) is 24.0. The second kappa shape index (κ2) is 8.73. The monoisotopic (exact) mass is 406 g/mol. The fourth-order valence-corrected chi connectivity index (χ4v) is 5.00. The first-order chi connectivity index (χ1) is 13.7. The Morgan fingerprint density at radius 3 is 2.50 bits per heavy atom. The molecule has 0 aliphatic carbocycles. The molecule has 0 atom stereocenters. The third kappa shape index (κ3) is 3.73. The standard InChI is InChI=1S/C18H30N8OS/c1-3-23(4-2)18-16-15(20-13-21-18)17(24-9-11-28(27)12-10-24)22-14-26(16)25-7-5-19-6-8-25/h13-14,19H,3-12H2,1-2H3,(H,20,21). The van der Waals surface area contributed by atoms with Gasteiger partial charge in [-0.1, -0.05) is 11.2 Å². The van der Waals surface area contributed by atoms with Crippen LogP contribution in [0, 0.1) is 0 Å². The van der Waals surface area contributed by atoms with Gasteiger partial charge in [-0.15, -0.1) is 0 Å². The molecule has 0 amide bonds. The Labute approximate surface area is 170 Å². The highest BCUT2D eigenvalue weighted by molar-refractivity contribution is 7.91. The van der Waals surface area contributed by atoms with Gasteiger partial charge in [0, 0.05) is 39.3 Å². The van der Waals surface area contributed by atoms with E-state index in [0.717, 1.165) is 75.4 Å². The van der Waals surface area contributed by atoms with E-state index in [4.69, 9.17) is 9.98 Å². The van der Waals surface area contributed by atoms with Crippen molar-refractivity contribution in [2.45, 2.75) is 13.8 Å². The molecule has 4 aliphatic rings. The molecule has 9 nitrogen and oxygen atoms in total. The first kappa shape index (κ1) is 19.6. The third-order valence-electron chi connectivity index (χ3n) is 5.52. The summed E-state index contributed by atoms with van der Waals surface area (Å²) in [7, 11) is 0. The van der Waals surface area contributed by atoms with Crippen molar-refractivity contribution in [1.29, 1.82) is 0 Å². The van der Waals surface area contributed by atoms with Crippen LogP contribution in [0.1, 0.15) is 13.8 Å². The molecule has 2 saturated heterocycles. The minimum Gasteiger partial charge on any atom is -0.616 e. The summed E-state index contributed by atoms with van der Waals surface area (Å²) >= 11 is -0.712. The van der Waals surface area contributed by atoms with Crippen LogP contribution in [0.5, 0.6) is 0 Å². The van der Waals surface area contributed by atoms with Crippen molar-refractivity contribution in [3.05, 3.63) is 23.0 Å². The largest absolute Gasteiger partial charge is 0.616 e. The van der Waals surface area contributed by atoms with E-state index >= 15 is 0 Å². The van der Waals surface area contributed by atoms with Gasteiger partial charge in [0.25, 0.3) is 0 Å². The lowest BCUT2D eigenvalue weighted by Crippen LogP contribution is -2.54. The van der Waals surface area contributed by atoms with Crippen LogP contribution in [0.25, 0.3) is 0 Å². The Kier molecular flexibility index (Phi) is 6.10. The molecular weight excluding hydrogens is 376 g/mol. The SMILES string of the molecule is CCN(CC)C1=C2C(=C(N3CC[S+]([O-])CC3)N=CN2N2CCNCC2)NC=N1. The Hall–Kier alpha value is -1.75. The predicted molar refractivity (Wildman–Crippen MR) is 113 cm³/mol. The molecule has 2 N–H and O–H groups in total. The molecule has 0 saturated carbocycles. The minimum absolute atomic E-state index is 0.698. The Morgan fingerprint density at radius 2 is 1.82 bits per heavy atom. The summed E-state index contributed by atoms with van der Waals surface area (Å²) in [6.45, 7) is 11.4. The van der Waals surface area contributed by atoms with Crippen LogP contribution in [0.15, 0.2) is 33.0 Å². The number of rotatable bonds is 5. The molecule has 2 fully saturated rings. The number of hydrazine groups is 1. The average molecular weight is 407 g/mol. The lowest BCUT2D eigenvalue weighted by molar-refractivity contribution is 0.0628. The molecule has 154 valence electrons. The van der Waals surface area contributed by atoms with Crippen molar-refractivity contribution in [2.75, 3.05) is 63.9 Å². The van der Waals surface area contributed by atoms with Crippen LogP contribution in [0.4, 0.5) is 0 Å². The molecular formula is C18H30N8OS. The summed E-state index contributed by atoms with van der Waals surface area (Å²) in [6.07, 6.45) is 3.70.